The van der Waals surface area contributed by atoms with Gasteiger partial charge in [-0.1, -0.05) is 12.1 Å². The normalized spacial score (nSPS) is 16.4. The molecule has 1 aliphatic rings. The molecule has 0 aliphatic carbocycles. The Kier molecular flexibility index (Phi) is 5.38. The molecule has 0 radical (unpaired) electrons. The average Bonchev–Trinajstić information content (AvgIpc) is 2.47. The van der Waals surface area contributed by atoms with Crippen molar-refractivity contribution in [3.63, 3.8) is 0 Å². The van der Waals surface area contributed by atoms with Crippen LogP contribution in [0, 0.1) is 0 Å². The van der Waals surface area contributed by atoms with Gasteiger partial charge in [-0.15, -0.1) is 0 Å². The number of nitrogens with zero attached hydrogens (tertiary/aromatic N) is 2. The lowest BCUT2D eigenvalue weighted by Gasteiger charge is -2.36. The van der Waals surface area contributed by atoms with E-state index in [4.69, 9.17) is 10.2 Å². The molecule has 2 N–H and O–H groups in total. The summed E-state index contributed by atoms with van der Waals surface area (Å²) in [5.41, 5.74) is 2.24. The minimum atomic E-state index is -0.756. The molecule has 0 unspecified atom stereocenters. The highest BCUT2D eigenvalue weighted by Crippen LogP contribution is 2.19. The molecule has 1 aromatic rings. The third-order valence-electron chi connectivity index (χ3n) is 3.69. The third kappa shape index (κ3) is 4.21. The minimum absolute atomic E-state index is 0.174. The molecule has 1 aromatic carbocycles. The van der Waals surface area contributed by atoms with Crippen LogP contribution in [0.4, 0.5) is 5.69 Å². The number of benzene rings is 1. The summed E-state index contributed by atoms with van der Waals surface area (Å²) in [6, 6.07) is 8.14. The Morgan fingerprint density at radius 3 is 2.60 bits per heavy atom. The van der Waals surface area contributed by atoms with Crippen LogP contribution in [0.15, 0.2) is 24.3 Å². The van der Waals surface area contributed by atoms with E-state index in [0.29, 0.717) is 6.42 Å². The predicted molar refractivity (Wildman–Crippen MR) is 78.1 cm³/mol. The number of aliphatic carboxylic acids is 1. The number of carboxylic acid groups (broad SMARTS) is 1. The molecular formula is C15H22N2O3. The van der Waals surface area contributed by atoms with Crippen molar-refractivity contribution in [2.24, 2.45) is 0 Å². The van der Waals surface area contributed by atoms with Crippen molar-refractivity contribution in [3.8, 4) is 0 Å². The van der Waals surface area contributed by atoms with Crippen molar-refractivity contribution in [2.75, 3.05) is 44.2 Å². The first-order valence-electron chi connectivity index (χ1n) is 7.08. The van der Waals surface area contributed by atoms with Gasteiger partial charge in [0.1, 0.15) is 0 Å². The molecule has 0 atom stereocenters. The van der Waals surface area contributed by atoms with Crippen LogP contribution in [-0.4, -0.2) is 60.4 Å². The fraction of sp³-hybridized carbons (Fsp3) is 0.533. The van der Waals surface area contributed by atoms with Crippen LogP contribution in [0.3, 0.4) is 0 Å². The molecule has 5 nitrogen and oxygen atoms in total. The number of piperazine rings is 1. The number of aliphatic hydroxyl groups excluding tert-OH is 1. The number of β-amino-alcohol motifs (C(OH)–C–C–N with tert-alkyl or cyclic N) is 1. The van der Waals surface area contributed by atoms with Crippen molar-refractivity contribution in [1.29, 1.82) is 0 Å². The maximum Gasteiger partial charge on any atom is 0.303 e. The summed E-state index contributed by atoms with van der Waals surface area (Å²) in [4.78, 5) is 15.2. The van der Waals surface area contributed by atoms with E-state index in [2.05, 4.69) is 21.9 Å². The number of hydrogen-bond donors (Lipinski definition) is 2. The van der Waals surface area contributed by atoms with Crippen LogP contribution >= 0.6 is 0 Å². The maximum atomic E-state index is 10.6. The summed E-state index contributed by atoms with van der Waals surface area (Å²) >= 11 is 0. The topological polar surface area (TPSA) is 64.0 Å². The van der Waals surface area contributed by atoms with Gasteiger partial charge < -0.3 is 15.1 Å². The summed E-state index contributed by atoms with van der Waals surface area (Å²) in [6.45, 7) is 4.77. The fourth-order valence-corrected chi connectivity index (χ4v) is 2.53. The standard InChI is InChI=1S/C15H22N2O3/c18-11-10-16-6-8-17(9-7-16)14-3-1-2-13(12-14)4-5-15(19)20/h1-3,12,18H,4-11H2,(H,19,20). The molecule has 0 amide bonds. The van der Waals surface area contributed by atoms with Crippen molar-refractivity contribution < 1.29 is 15.0 Å². The zero-order valence-electron chi connectivity index (χ0n) is 11.7. The van der Waals surface area contributed by atoms with Gasteiger partial charge in [0.05, 0.1) is 6.61 Å². The van der Waals surface area contributed by atoms with E-state index in [1.807, 2.05) is 12.1 Å². The van der Waals surface area contributed by atoms with Crippen LogP contribution < -0.4 is 4.90 Å². The Labute approximate surface area is 119 Å². The molecule has 1 fully saturated rings. The summed E-state index contributed by atoms with van der Waals surface area (Å²) in [5, 5.41) is 17.7. The third-order valence-corrected chi connectivity index (χ3v) is 3.69. The Balaban J connectivity index is 1.92. The number of anilines is 1. The Bertz CT molecular complexity index is 442. The number of aliphatic hydroxyl groups is 1. The molecule has 0 aromatic heterocycles. The summed E-state index contributed by atoms with van der Waals surface area (Å²) in [7, 11) is 0. The lowest BCUT2D eigenvalue weighted by molar-refractivity contribution is -0.136. The summed E-state index contributed by atoms with van der Waals surface area (Å²) in [6.07, 6.45) is 0.751. The lowest BCUT2D eigenvalue weighted by atomic mass is 10.1. The number of aryl methyl sites for hydroxylation is 1. The van der Waals surface area contributed by atoms with E-state index in [-0.39, 0.29) is 13.0 Å². The van der Waals surface area contributed by atoms with Gasteiger partial charge in [-0.05, 0) is 24.1 Å². The molecular weight excluding hydrogens is 256 g/mol. The van der Waals surface area contributed by atoms with E-state index in [9.17, 15) is 4.79 Å². The molecule has 2 rings (SSSR count). The average molecular weight is 278 g/mol. The highest BCUT2D eigenvalue weighted by Gasteiger charge is 2.16. The largest absolute Gasteiger partial charge is 0.481 e. The van der Waals surface area contributed by atoms with Gasteiger partial charge in [0.2, 0.25) is 0 Å². The molecule has 20 heavy (non-hydrogen) atoms. The van der Waals surface area contributed by atoms with Crippen LogP contribution in [0.1, 0.15) is 12.0 Å². The van der Waals surface area contributed by atoms with Gasteiger partial charge >= 0.3 is 5.97 Å². The molecule has 5 heteroatoms. The van der Waals surface area contributed by atoms with Crippen molar-refractivity contribution in [1.82, 2.24) is 4.90 Å². The van der Waals surface area contributed by atoms with Gasteiger partial charge in [0.25, 0.3) is 0 Å². The SMILES string of the molecule is O=C(O)CCc1cccc(N2CCN(CCO)CC2)c1. The van der Waals surface area contributed by atoms with E-state index < -0.39 is 5.97 Å². The quantitative estimate of drug-likeness (QED) is 0.806. The van der Waals surface area contributed by atoms with Crippen LogP contribution in [0.25, 0.3) is 0 Å². The highest BCUT2D eigenvalue weighted by atomic mass is 16.4. The first kappa shape index (κ1) is 14.8. The van der Waals surface area contributed by atoms with Gasteiger partial charge in [0, 0.05) is 44.8 Å². The van der Waals surface area contributed by atoms with Crippen molar-refractivity contribution in [3.05, 3.63) is 29.8 Å². The van der Waals surface area contributed by atoms with Gasteiger partial charge in [-0.25, -0.2) is 0 Å². The molecule has 0 bridgehead atoms. The van der Waals surface area contributed by atoms with E-state index >= 15 is 0 Å². The molecule has 0 spiro atoms. The number of carboxylic acids is 1. The second kappa shape index (κ2) is 7.26. The van der Waals surface area contributed by atoms with Crippen molar-refractivity contribution >= 4 is 11.7 Å². The number of carbonyl (C=O) groups is 1. The highest BCUT2D eigenvalue weighted by molar-refractivity contribution is 5.67. The van der Waals surface area contributed by atoms with E-state index in [1.165, 1.54) is 0 Å². The lowest BCUT2D eigenvalue weighted by Crippen LogP contribution is -2.47. The molecule has 110 valence electrons. The first-order chi connectivity index (χ1) is 9.69. The van der Waals surface area contributed by atoms with Gasteiger partial charge in [-0.2, -0.15) is 0 Å². The smallest absolute Gasteiger partial charge is 0.303 e. The summed E-state index contributed by atoms with van der Waals surface area (Å²) < 4.78 is 0. The first-order valence-corrected chi connectivity index (χ1v) is 7.08. The zero-order chi connectivity index (χ0) is 14.4. The minimum Gasteiger partial charge on any atom is -0.481 e. The van der Waals surface area contributed by atoms with Gasteiger partial charge in [0.15, 0.2) is 0 Å². The predicted octanol–water partition coefficient (Wildman–Crippen LogP) is 0.818. The second-order valence-electron chi connectivity index (χ2n) is 5.12. The van der Waals surface area contributed by atoms with Crippen LogP contribution in [0.5, 0.6) is 0 Å². The Hall–Kier alpha value is -1.59. The van der Waals surface area contributed by atoms with E-state index in [1.54, 1.807) is 0 Å². The Morgan fingerprint density at radius 2 is 1.95 bits per heavy atom. The molecule has 1 aliphatic heterocycles. The van der Waals surface area contributed by atoms with Gasteiger partial charge in [-0.3, -0.25) is 9.69 Å². The van der Waals surface area contributed by atoms with E-state index in [0.717, 1.165) is 44.0 Å². The van der Waals surface area contributed by atoms with Crippen LogP contribution in [0.2, 0.25) is 0 Å². The zero-order valence-corrected chi connectivity index (χ0v) is 11.7. The second-order valence-corrected chi connectivity index (χ2v) is 5.12. The Morgan fingerprint density at radius 1 is 1.20 bits per heavy atom. The fourth-order valence-electron chi connectivity index (χ4n) is 2.53. The molecule has 1 heterocycles. The number of hydrogen-bond acceptors (Lipinski definition) is 4. The number of rotatable bonds is 6. The molecule has 0 saturated carbocycles. The monoisotopic (exact) mass is 278 g/mol. The van der Waals surface area contributed by atoms with Crippen LogP contribution in [-0.2, 0) is 11.2 Å². The maximum absolute atomic E-state index is 10.6. The summed E-state index contributed by atoms with van der Waals surface area (Å²) in [5.74, 6) is -0.756. The van der Waals surface area contributed by atoms with Crippen molar-refractivity contribution in [2.45, 2.75) is 12.8 Å². The molecule has 1 saturated heterocycles.